The van der Waals surface area contributed by atoms with E-state index in [9.17, 15) is 4.79 Å². The van der Waals surface area contributed by atoms with Crippen molar-refractivity contribution >= 4 is 17.6 Å². The molecule has 0 radical (unpaired) electrons. The Hall–Kier alpha value is -3.07. The molecule has 0 saturated carbocycles. The number of pyridine rings is 1. The van der Waals surface area contributed by atoms with Crippen molar-refractivity contribution in [3.63, 3.8) is 0 Å². The van der Waals surface area contributed by atoms with Gasteiger partial charge in [-0.25, -0.2) is 4.98 Å². The minimum Gasteiger partial charge on any atom is -0.466 e. The number of carbonyl (C=O) groups excluding carboxylic acids is 1. The molecule has 0 atom stereocenters. The van der Waals surface area contributed by atoms with E-state index in [2.05, 4.69) is 42.0 Å². The molecule has 1 aliphatic heterocycles. The Balaban J connectivity index is 1.47. The highest BCUT2D eigenvalue weighted by molar-refractivity contribution is 5.70. The highest BCUT2D eigenvalue weighted by atomic mass is 16.5. The molecule has 0 spiro atoms. The maximum absolute atomic E-state index is 12.0. The fourth-order valence-corrected chi connectivity index (χ4v) is 4.07. The quantitative estimate of drug-likeness (QED) is 0.506. The average Bonchev–Trinajstić information content (AvgIpc) is 3.25. The number of fused-ring (bicyclic) bond motifs is 1. The summed E-state index contributed by atoms with van der Waals surface area (Å²) in [6.07, 6.45) is 7.15. The van der Waals surface area contributed by atoms with Crippen LogP contribution in [0.4, 0.5) is 5.82 Å². The predicted molar refractivity (Wildman–Crippen MR) is 117 cm³/mol. The first-order valence-corrected chi connectivity index (χ1v) is 10.9. The largest absolute Gasteiger partial charge is 0.466 e. The smallest absolute Gasteiger partial charge is 0.306 e. The SMILES string of the molecule is CCOC(=O)CCc1c(C)nc2ncnn2c1N1CCN(CCc2ccncc2)CC1. The number of esters is 1. The van der Waals surface area contributed by atoms with Crippen molar-refractivity contribution in [1.82, 2.24) is 29.5 Å². The highest BCUT2D eigenvalue weighted by Crippen LogP contribution is 2.26. The molecule has 0 N–H and O–H groups in total. The Kier molecular flexibility index (Phi) is 6.71. The fourth-order valence-electron chi connectivity index (χ4n) is 4.07. The molecule has 0 aromatic carbocycles. The zero-order valence-electron chi connectivity index (χ0n) is 18.2. The fraction of sp³-hybridized carbons (Fsp3) is 0.500. The van der Waals surface area contributed by atoms with E-state index in [0.29, 0.717) is 25.2 Å². The molecule has 9 heteroatoms. The molecule has 31 heavy (non-hydrogen) atoms. The van der Waals surface area contributed by atoms with Gasteiger partial charge < -0.3 is 9.64 Å². The van der Waals surface area contributed by atoms with Crippen molar-refractivity contribution in [3.05, 3.63) is 47.7 Å². The third kappa shape index (κ3) is 4.99. The van der Waals surface area contributed by atoms with Gasteiger partial charge in [-0.2, -0.15) is 14.6 Å². The van der Waals surface area contributed by atoms with Crippen LogP contribution in [0.25, 0.3) is 5.78 Å². The van der Waals surface area contributed by atoms with Crippen LogP contribution < -0.4 is 4.90 Å². The van der Waals surface area contributed by atoms with Crippen LogP contribution in [-0.4, -0.2) is 74.8 Å². The number of hydrogen-bond acceptors (Lipinski definition) is 8. The first-order valence-electron chi connectivity index (χ1n) is 10.9. The summed E-state index contributed by atoms with van der Waals surface area (Å²) in [6.45, 7) is 8.95. The molecule has 164 valence electrons. The summed E-state index contributed by atoms with van der Waals surface area (Å²) < 4.78 is 6.93. The topological polar surface area (TPSA) is 88.7 Å². The van der Waals surface area contributed by atoms with E-state index < -0.39 is 0 Å². The standard InChI is InChI=1S/C22H29N7O2/c1-3-31-20(30)5-4-19-17(2)26-22-24-16-25-29(22)21(19)28-14-12-27(13-15-28)11-8-18-6-9-23-10-7-18/h6-7,9-10,16H,3-5,8,11-15H2,1-2H3. The normalized spacial score (nSPS) is 14.8. The zero-order chi connectivity index (χ0) is 21.6. The number of ether oxygens (including phenoxy) is 1. The molecule has 1 fully saturated rings. The van der Waals surface area contributed by atoms with Crippen LogP contribution in [-0.2, 0) is 22.4 Å². The number of aryl methyl sites for hydroxylation is 1. The number of carbonyl (C=O) groups is 1. The van der Waals surface area contributed by atoms with Gasteiger partial charge in [-0.1, -0.05) is 0 Å². The minimum atomic E-state index is -0.188. The molecular formula is C22H29N7O2. The number of aromatic nitrogens is 5. The lowest BCUT2D eigenvalue weighted by Gasteiger charge is -2.37. The summed E-state index contributed by atoms with van der Waals surface area (Å²) in [4.78, 5) is 29.8. The maximum atomic E-state index is 12.0. The summed E-state index contributed by atoms with van der Waals surface area (Å²) in [7, 11) is 0. The van der Waals surface area contributed by atoms with E-state index in [0.717, 1.165) is 56.2 Å². The van der Waals surface area contributed by atoms with Gasteiger partial charge in [-0.3, -0.25) is 14.7 Å². The first-order chi connectivity index (χ1) is 15.2. The van der Waals surface area contributed by atoms with Gasteiger partial charge in [-0.05, 0) is 44.4 Å². The molecule has 0 aliphatic carbocycles. The van der Waals surface area contributed by atoms with Crippen LogP contribution >= 0.6 is 0 Å². The molecule has 3 aromatic heterocycles. The first kappa shape index (κ1) is 21.2. The van der Waals surface area contributed by atoms with Crippen molar-refractivity contribution in [2.45, 2.75) is 33.1 Å². The Morgan fingerprint density at radius 1 is 1.13 bits per heavy atom. The van der Waals surface area contributed by atoms with Crippen LogP contribution in [0.2, 0.25) is 0 Å². The average molecular weight is 424 g/mol. The number of piperazine rings is 1. The van der Waals surface area contributed by atoms with E-state index in [1.54, 1.807) is 4.52 Å². The summed E-state index contributed by atoms with van der Waals surface area (Å²) in [6, 6.07) is 4.15. The van der Waals surface area contributed by atoms with Gasteiger partial charge in [0.25, 0.3) is 5.78 Å². The summed E-state index contributed by atoms with van der Waals surface area (Å²) in [5, 5.41) is 4.42. The second-order valence-corrected chi connectivity index (χ2v) is 7.71. The van der Waals surface area contributed by atoms with Gasteiger partial charge in [-0.15, -0.1) is 0 Å². The van der Waals surface area contributed by atoms with E-state index in [4.69, 9.17) is 4.74 Å². The van der Waals surface area contributed by atoms with Gasteiger partial charge in [0.15, 0.2) is 0 Å². The molecule has 9 nitrogen and oxygen atoms in total. The Labute approximate surface area is 182 Å². The van der Waals surface area contributed by atoms with Crippen molar-refractivity contribution < 1.29 is 9.53 Å². The number of anilines is 1. The van der Waals surface area contributed by atoms with E-state index in [1.807, 2.05) is 26.2 Å². The summed E-state index contributed by atoms with van der Waals surface area (Å²) >= 11 is 0. The molecule has 4 rings (SSSR count). The van der Waals surface area contributed by atoms with Crippen molar-refractivity contribution in [2.24, 2.45) is 0 Å². The van der Waals surface area contributed by atoms with Crippen molar-refractivity contribution in [2.75, 3.05) is 44.2 Å². The van der Waals surface area contributed by atoms with E-state index >= 15 is 0 Å². The molecule has 4 heterocycles. The van der Waals surface area contributed by atoms with Gasteiger partial charge in [0, 0.05) is 62.8 Å². The molecule has 0 bridgehead atoms. The summed E-state index contributed by atoms with van der Waals surface area (Å²) in [5.41, 5.74) is 3.24. The molecular weight excluding hydrogens is 394 g/mol. The van der Waals surface area contributed by atoms with Crippen LogP contribution in [0.3, 0.4) is 0 Å². The Morgan fingerprint density at radius 3 is 2.65 bits per heavy atom. The van der Waals surface area contributed by atoms with Crippen LogP contribution in [0.15, 0.2) is 30.9 Å². The lowest BCUT2D eigenvalue weighted by molar-refractivity contribution is -0.143. The lowest BCUT2D eigenvalue weighted by atomic mass is 10.1. The summed E-state index contributed by atoms with van der Waals surface area (Å²) in [5.74, 6) is 1.40. The second-order valence-electron chi connectivity index (χ2n) is 7.71. The molecule has 0 amide bonds. The van der Waals surface area contributed by atoms with Crippen LogP contribution in [0.5, 0.6) is 0 Å². The zero-order valence-corrected chi connectivity index (χ0v) is 18.2. The van der Waals surface area contributed by atoms with E-state index in [-0.39, 0.29) is 5.97 Å². The predicted octanol–water partition coefficient (Wildman–Crippen LogP) is 1.69. The number of nitrogens with zero attached hydrogens (tertiary/aromatic N) is 7. The molecule has 3 aromatic rings. The van der Waals surface area contributed by atoms with Crippen molar-refractivity contribution in [1.29, 1.82) is 0 Å². The van der Waals surface area contributed by atoms with Gasteiger partial charge in [0.2, 0.25) is 0 Å². The Bertz CT molecular complexity index is 1010. The number of hydrogen-bond donors (Lipinski definition) is 0. The minimum absolute atomic E-state index is 0.188. The lowest BCUT2D eigenvalue weighted by Crippen LogP contribution is -2.48. The second kappa shape index (κ2) is 9.82. The monoisotopic (exact) mass is 423 g/mol. The highest BCUT2D eigenvalue weighted by Gasteiger charge is 2.24. The molecule has 0 unspecified atom stereocenters. The number of rotatable bonds is 8. The van der Waals surface area contributed by atoms with Gasteiger partial charge in [0.05, 0.1) is 6.61 Å². The molecule has 1 aliphatic rings. The van der Waals surface area contributed by atoms with Crippen molar-refractivity contribution in [3.8, 4) is 0 Å². The maximum Gasteiger partial charge on any atom is 0.306 e. The van der Waals surface area contributed by atoms with E-state index in [1.165, 1.54) is 11.9 Å². The molecule has 1 saturated heterocycles. The third-order valence-electron chi connectivity index (χ3n) is 5.73. The third-order valence-corrected chi connectivity index (χ3v) is 5.73. The van der Waals surface area contributed by atoms with Gasteiger partial charge in [0.1, 0.15) is 12.1 Å². The van der Waals surface area contributed by atoms with Gasteiger partial charge >= 0.3 is 5.97 Å². The van der Waals surface area contributed by atoms with Crippen LogP contribution in [0.1, 0.15) is 30.2 Å². The van der Waals surface area contributed by atoms with Crippen LogP contribution in [0, 0.1) is 6.92 Å². The Morgan fingerprint density at radius 2 is 1.90 bits per heavy atom.